The molecule has 2 nitrogen and oxygen atoms in total. The molecule has 0 saturated carbocycles. The summed E-state index contributed by atoms with van der Waals surface area (Å²) in [5, 5.41) is 0. The summed E-state index contributed by atoms with van der Waals surface area (Å²) in [7, 11) is 0. The average molecular weight is 197 g/mol. The van der Waals surface area contributed by atoms with E-state index in [1.165, 1.54) is 13.8 Å². The van der Waals surface area contributed by atoms with Gasteiger partial charge in [0, 0.05) is 0 Å². The largest absolute Gasteiger partial charge is 0.450 e. The van der Waals surface area contributed by atoms with Crippen molar-refractivity contribution in [3.8, 4) is 0 Å². The molecule has 0 spiro atoms. The Kier molecular flexibility index (Phi) is 4.23. The zero-order valence-electron chi connectivity index (χ0n) is 7.57. The minimum Gasteiger partial charge on any atom is -0.450 e. The van der Waals surface area contributed by atoms with E-state index < -0.39 is 31.0 Å². The Balaban J connectivity index is 4.78. The monoisotopic (exact) mass is 197 g/mol. The fraction of sp³-hybridized carbons (Fsp3) is 0.875. The van der Waals surface area contributed by atoms with E-state index in [1.54, 1.807) is 0 Å². The first kappa shape index (κ1) is 12.3. The number of hydrogen-bond donors (Lipinski definition) is 0. The van der Waals surface area contributed by atoms with Crippen LogP contribution in [0.5, 0.6) is 0 Å². The predicted octanol–water partition coefficient (Wildman–Crippen LogP) is 1.74. The third-order valence-electron chi connectivity index (χ3n) is 2.34. The second-order valence-corrected chi connectivity index (χ2v) is 3.38. The van der Waals surface area contributed by atoms with Gasteiger partial charge in [-0.15, -0.1) is 0 Å². The summed E-state index contributed by atoms with van der Waals surface area (Å²) in [6.45, 7) is -0.123. The Labute approximate surface area is 75.1 Å². The van der Waals surface area contributed by atoms with Gasteiger partial charge in [-0.2, -0.15) is 0 Å². The van der Waals surface area contributed by atoms with Crippen molar-refractivity contribution < 1.29 is 22.7 Å². The van der Waals surface area contributed by atoms with Gasteiger partial charge in [-0.3, -0.25) is 13.2 Å². The highest BCUT2D eigenvalue weighted by atomic mass is 19.1. The lowest BCUT2D eigenvalue weighted by Crippen LogP contribution is -2.50. The SMILES string of the molecule is CC(C)(O[C]=O)C(CF)(CF)CF. The van der Waals surface area contributed by atoms with Crippen LogP contribution >= 0.6 is 0 Å². The third kappa shape index (κ3) is 2.14. The summed E-state index contributed by atoms with van der Waals surface area (Å²) in [4.78, 5) is 9.90. The quantitative estimate of drug-likeness (QED) is 0.648. The molecule has 0 heterocycles. The number of hydrogen-bond acceptors (Lipinski definition) is 2. The lowest BCUT2D eigenvalue weighted by molar-refractivity contribution is -0.0828. The van der Waals surface area contributed by atoms with Crippen molar-refractivity contribution in [2.45, 2.75) is 19.4 Å². The topological polar surface area (TPSA) is 26.3 Å². The van der Waals surface area contributed by atoms with Crippen LogP contribution in [0.2, 0.25) is 0 Å². The molecule has 0 unspecified atom stereocenters. The molecular weight excluding hydrogens is 185 g/mol. The van der Waals surface area contributed by atoms with Crippen molar-refractivity contribution in [1.82, 2.24) is 0 Å². The molecule has 0 aliphatic heterocycles. The lowest BCUT2D eigenvalue weighted by Gasteiger charge is -2.38. The molecule has 0 amide bonds. The van der Waals surface area contributed by atoms with Crippen molar-refractivity contribution in [2.24, 2.45) is 5.41 Å². The van der Waals surface area contributed by atoms with Gasteiger partial charge in [0.05, 0.1) is 5.41 Å². The van der Waals surface area contributed by atoms with Crippen molar-refractivity contribution in [2.75, 3.05) is 20.0 Å². The minimum atomic E-state index is -1.91. The fourth-order valence-corrected chi connectivity index (χ4v) is 0.802. The van der Waals surface area contributed by atoms with Gasteiger partial charge in [-0.05, 0) is 13.8 Å². The van der Waals surface area contributed by atoms with Crippen LogP contribution in [0.4, 0.5) is 13.2 Å². The first-order chi connectivity index (χ1) is 5.99. The maximum atomic E-state index is 12.4. The number of halogens is 3. The molecule has 0 aliphatic rings. The summed E-state index contributed by atoms with van der Waals surface area (Å²) in [6.07, 6.45) is 0. The number of ether oxygens (including phenoxy) is 1. The fourth-order valence-electron chi connectivity index (χ4n) is 0.802. The Hall–Kier alpha value is -0.740. The summed E-state index contributed by atoms with van der Waals surface area (Å²) in [6, 6.07) is 0. The number of carbonyl (C=O) groups excluding carboxylic acids is 1. The zero-order chi connectivity index (χ0) is 10.5. The van der Waals surface area contributed by atoms with Crippen molar-refractivity contribution in [1.29, 1.82) is 0 Å². The standard InChI is InChI=1S/C8H12F3O2/c1-7(2,13-6-12)8(3-9,4-10)5-11/h3-5H2,1-2H3. The van der Waals surface area contributed by atoms with Crippen LogP contribution in [-0.4, -0.2) is 32.1 Å². The van der Waals surface area contributed by atoms with Gasteiger partial charge >= 0.3 is 6.47 Å². The van der Waals surface area contributed by atoms with Gasteiger partial charge in [0.15, 0.2) is 0 Å². The average Bonchev–Trinajstić information content (AvgIpc) is 2.07. The smallest absolute Gasteiger partial charge is 0.418 e. The number of alkyl halides is 3. The maximum absolute atomic E-state index is 12.4. The van der Waals surface area contributed by atoms with Crippen LogP contribution in [-0.2, 0) is 9.53 Å². The second kappa shape index (κ2) is 4.48. The van der Waals surface area contributed by atoms with Gasteiger partial charge in [-0.25, -0.2) is 4.79 Å². The van der Waals surface area contributed by atoms with Gasteiger partial charge < -0.3 is 4.74 Å². The molecule has 77 valence electrons. The van der Waals surface area contributed by atoms with Gasteiger partial charge in [0.2, 0.25) is 0 Å². The van der Waals surface area contributed by atoms with E-state index >= 15 is 0 Å². The Morgan fingerprint density at radius 1 is 1.15 bits per heavy atom. The molecule has 0 rings (SSSR count). The molecule has 1 radical (unpaired) electrons. The van der Waals surface area contributed by atoms with E-state index in [-0.39, 0.29) is 0 Å². The van der Waals surface area contributed by atoms with E-state index in [2.05, 4.69) is 4.74 Å². The number of rotatable bonds is 6. The van der Waals surface area contributed by atoms with E-state index in [0.717, 1.165) is 6.47 Å². The Morgan fingerprint density at radius 2 is 1.54 bits per heavy atom. The molecule has 0 aromatic heterocycles. The second-order valence-electron chi connectivity index (χ2n) is 3.38. The van der Waals surface area contributed by atoms with Crippen molar-refractivity contribution in [3.63, 3.8) is 0 Å². The molecule has 5 heteroatoms. The molecule has 0 atom stereocenters. The third-order valence-corrected chi connectivity index (χ3v) is 2.34. The van der Waals surface area contributed by atoms with E-state index in [4.69, 9.17) is 0 Å². The van der Waals surface area contributed by atoms with Gasteiger partial charge in [-0.1, -0.05) is 0 Å². The van der Waals surface area contributed by atoms with Crippen molar-refractivity contribution >= 4 is 6.47 Å². The van der Waals surface area contributed by atoms with E-state index in [1.807, 2.05) is 0 Å². The maximum Gasteiger partial charge on any atom is 0.418 e. The molecule has 0 aromatic rings. The summed E-state index contributed by atoms with van der Waals surface area (Å²) >= 11 is 0. The predicted molar refractivity (Wildman–Crippen MR) is 41.2 cm³/mol. The molecule has 0 fully saturated rings. The van der Waals surface area contributed by atoms with E-state index in [9.17, 15) is 18.0 Å². The van der Waals surface area contributed by atoms with E-state index in [0.29, 0.717) is 0 Å². The zero-order valence-corrected chi connectivity index (χ0v) is 7.57. The minimum absolute atomic E-state index is 1.07. The molecule has 13 heavy (non-hydrogen) atoms. The molecule has 0 bridgehead atoms. The molecule has 0 aliphatic carbocycles. The highest BCUT2D eigenvalue weighted by molar-refractivity contribution is 5.39. The van der Waals surface area contributed by atoms with Crippen molar-refractivity contribution in [3.05, 3.63) is 0 Å². The first-order valence-corrected chi connectivity index (χ1v) is 3.72. The van der Waals surface area contributed by atoms with Crippen LogP contribution in [0.1, 0.15) is 13.8 Å². The highest BCUT2D eigenvalue weighted by Crippen LogP contribution is 2.35. The summed E-state index contributed by atoms with van der Waals surface area (Å²) in [5.41, 5.74) is -3.45. The van der Waals surface area contributed by atoms with Gasteiger partial charge in [0.1, 0.15) is 25.6 Å². The van der Waals surface area contributed by atoms with Crippen LogP contribution in [0.15, 0.2) is 0 Å². The van der Waals surface area contributed by atoms with Crippen LogP contribution in [0.3, 0.4) is 0 Å². The lowest BCUT2D eigenvalue weighted by atomic mass is 9.77. The molecule has 0 N–H and O–H groups in total. The highest BCUT2D eigenvalue weighted by Gasteiger charge is 2.48. The normalized spacial score (nSPS) is 12.7. The summed E-state index contributed by atoms with van der Waals surface area (Å²) in [5.74, 6) is 0. The molecule has 0 aromatic carbocycles. The first-order valence-electron chi connectivity index (χ1n) is 3.72. The molecular formula is C8H12F3O2. The summed E-state index contributed by atoms with van der Waals surface area (Å²) < 4.78 is 41.7. The van der Waals surface area contributed by atoms with Gasteiger partial charge in [0.25, 0.3) is 0 Å². The Bertz CT molecular complexity index is 159. The molecule has 0 saturated heterocycles. The van der Waals surface area contributed by atoms with Crippen LogP contribution < -0.4 is 0 Å². The van der Waals surface area contributed by atoms with Crippen LogP contribution in [0.25, 0.3) is 0 Å². The van der Waals surface area contributed by atoms with Crippen LogP contribution in [0, 0.1) is 5.41 Å². The Morgan fingerprint density at radius 3 is 1.77 bits per heavy atom.